The van der Waals surface area contributed by atoms with E-state index in [-0.39, 0.29) is 0 Å². The maximum Gasteiger partial charge on any atom is 0.0406 e. The summed E-state index contributed by atoms with van der Waals surface area (Å²) in [6, 6.07) is 27.8. The Balaban J connectivity index is 1.90. The number of aromatic nitrogens is 1. The quantitative estimate of drug-likeness (QED) is 0.212. The first-order valence-electron chi connectivity index (χ1n) is 10.6. The smallest absolute Gasteiger partial charge is 0.0406 e. The molecule has 0 aliphatic rings. The van der Waals surface area contributed by atoms with Crippen LogP contribution >= 0.6 is 0 Å². The molecule has 0 fully saturated rings. The van der Waals surface area contributed by atoms with Gasteiger partial charge in [0.15, 0.2) is 0 Å². The molecule has 0 atom stereocenters. The first-order valence-corrected chi connectivity index (χ1v) is 10.6. The summed E-state index contributed by atoms with van der Waals surface area (Å²) in [7, 11) is 0. The standard InChI is InChI=1S/C30H23N/c1-20-9-8-10-21(2)29(20)30-27-13-6-4-11-24(27)26(25-12-5-7-14-28(25)30)16-15-23-17-18-31-22(3)19-23/h4-14,17-19H,1-3H3. The van der Waals surface area contributed by atoms with E-state index in [9.17, 15) is 0 Å². The van der Waals surface area contributed by atoms with Crippen LogP contribution in [0.15, 0.2) is 85.1 Å². The highest BCUT2D eigenvalue weighted by Gasteiger charge is 2.16. The van der Waals surface area contributed by atoms with Crippen molar-refractivity contribution in [3.8, 4) is 23.0 Å². The van der Waals surface area contributed by atoms with Crippen LogP contribution in [0.5, 0.6) is 0 Å². The summed E-state index contributed by atoms with van der Waals surface area (Å²) in [6.45, 7) is 6.39. The third kappa shape index (κ3) is 3.37. The summed E-state index contributed by atoms with van der Waals surface area (Å²) < 4.78 is 0. The molecule has 0 aliphatic carbocycles. The summed E-state index contributed by atoms with van der Waals surface area (Å²) in [5.41, 5.74) is 8.25. The first kappa shape index (κ1) is 19.1. The second-order valence-electron chi connectivity index (χ2n) is 8.04. The van der Waals surface area contributed by atoms with E-state index < -0.39 is 0 Å². The summed E-state index contributed by atoms with van der Waals surface area (Å²) in [5, 5.41) is 4.87. The lowest BCUT2D eigenvalue weighted by Gasteiger charge is -2.18. The molecule has 1 nitrogen and oxygen atoms in total. The molecular weight excluding hydrogens is 374 g/mol. The van der Waals surface area contributed by atoms with Crippen LogP contribution < -0.4 is 0 Å². The Hall–Kier alpha value is -3.89. The number of aryl methyl sites for hydroxylation is 3. The highest BCUT2D eigenvalue weighted by Crippen LogP contribution is 2.41. The van der Waals surface area contributed by atoms with Gasteiger partial charge >= 0.3 is 0 Å². The summed E-state index contributed by atoms with van der Waals surface area (Å²) in [6.07, 6.45) is 1.82. The zero-order chi connectivity index (χ0) is 21.4. The van der Waals surface area contributed by atoms with Crippen LogP contribution in [0.1, 0.15) is 27.9 Å². The maximum atomic E-state index is 4.29. The van der Waals surface area contributed by atoms with Gasteiger partial charge in [0.05, 0.1) is 0 Å². The number of benzene rings is 4. The molecule has 1 heterocycles. The third-order valence-corrected chi connectivity index (χ3v) is 5.89. The van der Waals surface area contributed by atoms with Crippen LogP contribution in [0.2, 0.25) is 0 Å². The van der Waals surface area contributed by atoms with Crippen molar-refractivity contribution in [1.29, 1.82) is 0 Å². The molecule has 0 aliphatic heterocycles. The number of hydrogen-bond donors (Lipinski definition) is 0. The topological polar surface area (TPSA) is 12.9 Å². The molecule has 0 bridgehead atoms. The minimum atomic E-state index is 0.979. The molecule has 0 unspecified atom stereocenters. The van der Waals surface area contributed by atoms with Gasteiger partial charge in [0.2, 0.25) is 0 Å². The second-order valence-corrected chi connectivity index (χ2v) is 8.04. The van der Waals surface area contributed by atoms with E-state index in [0.29, 0.717) is 0 Å². The van der Waals surface area contributed by atoms with E-state index in [1.54, 1.807) is 0 Å². The minimum Gasteiger partial charge on any atom is -0.262 e. The van der Waals surface area contributed by atoms with E-state index >= 15 is 0 Å². The monoisotopic (exact) mass is 397 g/mol. The molecule has 0 amide bonds. The van der Waals surface area contributed by atoms with Crippen molar-refractivity contribution in [3.63, 3.8) is 0 Å². The Labute approximate surface area is 183 Å². The van der Waals surface area contributed by atoms with Crippen molar-refractivity contribution in [2.75, 3.05) is 0 Å². The molecular formula is C30H23N. The van der Waals surface area contributed by atoms with E-state index in [4.69, 9.17) is 0 Å². The van der Waals surface area contributed by atoms with Crippen molar-refractivity contribution >= 4 is 21.5 Å². The van der Waals surface area contributed by atoms with E-state index in [1.165, 1.54) is 43.8 Å². The van der Waals surface area contributed by atoms with Crippen LogP contribution in [0, 0.1) is 32.6 Å². The Morgan fingerprint density at radius 3 is 1.74 bits per heavy atom. The van der Waals surface area contributed by atoms with Crippen molar-refractivity contribution < 1.29 is 0 Å². The van der Waals surface area contributed by atoms with Crippen molar-refractivity contribution in [1.82, 2.24) is 4.98 Å². The maximum absolute atomic E-state index is 4.29. The first-order chi connectivity index (χ1) is 15.1. The van der Waals surface area contributed by atoms with Crippen molar-refractivity contribution in [2.45, 2.75) is 20.8 Å². The molecule has 31 heavy (non-hydrogen) atoms. The average molecular weight is 398 g/mol. The largest absolute Gasteiger partial charge is 0.262 e. The summed E-state index contributed by atoms with van der Waals surface area (Å²) >= 11 is 0. The zero-order valence-electron chi connectivity index (χ0n) is 18.0. The number of rotatable bonds is 1. The number of pyridine rings is 1. The molecule has 5 rings (SSSR count). The molecule has 0 radical (unpaired) electrons. The molecule has 0 spiro atoms. The minimum absolute atomic E-state index is 0.979. The fourth-order valence-corrected chi connectivity index (χ4v) is 4.50. The Morgan fingerprint density at radius 1 is 0.581 bits per heavy atom. The summed E-state index contributed by atoms with van der Waals surface area (Å²) in [4.78, 5) is 4.29. The van der Waals surface area contributed by atoms with Gasteiger partial charge in [-0.15, -0.1) is 0 Å². The Bertz CT molecular complexity index is 1440. The van der Waals surface area contributed by atoms with Gasteiger partial charge < -0.3 is 0 Å². The van der Waals surface area contributed by atoms with Crippen LogP contribution in [0.3, 0.4) is 0 Å². The lowest BCUT2D eigenvalue weighted by molar-refractivity contribution is 1.19. The van der Waals surface area contributed by atoms with Crippen LogP contribution in [0.4, 0.5) is 0 Å². The predicted octanol–water partition coefficient (Wildman–Crippen LogP) is 7.38. The number of fused-ring (bicyclic) bond motifs is 2. The highest BCUT2D eigenvalue weighted by atomic mass is 14.6. The fraction of sp³-hybridized carbons (Fsp3) is 0.100. The van der Waals surface area contributed by atoms with Crippen molar-refractivity contribution in [3.05, 3.63) is 113 Å². The normalized spacial score (nSPS) is 10.8. The van der Waals surface area contributed by atoms with Gasteiger partial charge in [-0.05, 0) is 76.7 Å². The molecule has 0 saturated heterocycles. The van der Waals surface area contributed by atoms with Gasteiger partial charge in [-0.1, -0.05) is 78.6 Å². The Morgan fingerprint density at radius 2 is 1.16 bits per heavy atom. The number of nitrogens with zero attached hydrogens (tertiary/aromatic N) is 1. The van der Waals surface area contributed by atoms with E-state index in [1.807, 2.05) is 25.3 Å². The second kappa shape index (κ2) is 7.74. The van der Waals surface area contributed by atoms with Crippen LogP contribution in [0.25, 0.3) is 32.7 Å². The number of hydrogen-bond acceptors (Lipinski definition) is 1. The molecule has 1 heteroatoms. The van der Waals surface area contributed by atoms with Gasteiger partial charge in [0.25, 0.3) is 0 Å². The molecule has 0 saturated carbocycles. The lowest BCUT2D eigenvalue weighted by Crippen LogP contribution is -1.94. The predicted molar refractivity (Wildman–Crippen MR) is 131 cm³/mol. The summed E-state index contributed by atoms with van der Waals surface area (Å²) in [5.74, 6) is 6.88. The molecule has 148 valence electrons. The van der Waals surface area contributed by atoms with Crippen LogP contribution in [-0.4, -0.2) is 4.98 Å². The van der Waals surface area contributed by atoms with Crippen molar-refractivity contribution in [2.24, 2.45) is 0 Å². The molecule has 5 aromatic rings. The van der Waals surface area contributed by atoms with E-state index in [0.717, 1.165) is 16.8 Å². The van der Waals surface area contributed by atoms with Crippen LogP contribution in [-0.2, 0) is 0 Å². The Kier molecular flexibility index (Phi) is 4.77. The van der Waals surface area contributed by atoms with Gasteiger partial charge in [0, 0.05) is 23.0 Å². The third-order valence-electron chi connectivity index (χ3n) is 5.89. The fourth-order valence-electron chi connectivity index (χ4n) is 4.50. The highest BCUT2D eigenvalue weighted by molar-refractivity contribution is 6.17. The average Bonchev–Trinajstić information content (AvgIpc) is 2.78. The van der Waals surface area contributed by atoms with Gasteiger partial charge in [0.1, 0.15) is 0 Å². The van der Waals surface area contributed by atoms with E-state index in [2.05, 4.69) is 97.4 Å². The zero-order valence-corrected chi connectivity index (χ0v) is 18.0. The van der Waals surface area contributed by atoms with Gasteiger partial charge in [-0.25, -0.2) is 0 Å². The van der Waals surface area contributed by atoms with Gasteiger partial charge in [-0.2, -0.15) is 0 Å². The molecule has 4 aromatic carbocycles. The SMILES string of the molecule is Cc1cc(C#Cc2c3ccccc3c(-c3c(C)cccc3C)c3ccccc23)ccn1. The molecule has 0 N–H and O–H groups in total. The molecule has 1 aromatic heterocycles. The van der Waals surface area contributed by atoms with Gasteiger partial charge in [-0.3, -0.25) is 4.98 Å². The lowest BCUT2D eigenvalue weighted by atomic mass is 9.85.